The van der Waals surface area contributed by atoms with Gasteiger partial charge < -0.3 is 9.67 Å². The SMILES string of the molecule is CC(C(=O)O)c1cc2c(C(F)(F)F)cccc2n1C(C)C. The summed E-state index contributed by atoms with van der Waals surface area (Å²) >= 11 is 0. The Balaban J connectivity index is 2.82. The molecular weight excluding hydrogens is 283 g/mol. The molecule has 3 nitrogen and oxygen atoms in total. The van der Waals surface area contributed by atoms with Crippen LogP contribution in [0.1, 0.15) is 44.0 Å². The molecule has 0 fully saturated rings. The van der Waals surface area contributed by atoms with Gasteiger partial charge in [-0.05, 0) is 39.0 Å². The highest BCUT2D eigenvalue weighted by Crippen LogP contribution is 2.38. The van der Waals surface area contributed by atoms with Crippen LogP contribution < -0.4 is 0 Å². The number of rotatable bonds is 3. The Kier molecular flexibility index (Phi) is 3.74. The third kappa shape index (κ3) is 2.62. The van der Waals surface area contributed by atoms with E-state index in [0.29, 0.717) is 11.2 Å². The summed E-state index contributed by atoms with van der Waals surface area (Å²) in [6.07, 6.45) is -4.47. The Bertz CT molecular complexity index is 686. The van der Waals surface area contributed by atoms with Gasteiger partial charge in [-0.25, -0.2) is 0 Å². The molecule has 6 heteroatoms. The summed E-state index contributed by atoms with van der Waals surface area (Å²) in [7, 11) is 0. The fraction of sp³-hybridized carbons (Fsp3) is 0.400. The predicted octanol–water partition coefficient (Wildman–Crippen LogP) is 4.43. The maximum atomic E-state index is 13.1. The zero-order chi connectivity index (χ0) is 15.9. The summed E-state index contributed by atoms with van der Waals surface area (Å²) in [5, 5.41) is 9.20. The first-order valence-corrected chi connectivity index (χ1v) is 6.58. The molecule has 1 unspecified atom stereocenters. The molecule has 114 valence electrons. The average Bonchev–Trinajstić information content (AvgIpc) is 2.74. The lowest BCUT2D eigenvalue weighted by Crippen LogP contribution is -2.14. The Morgan fingerprint density at radius 3 is 2.33 bits per heavy atom. The number of fused-ring (bicyclic) bond motifs is 1. The van der Waals surface area contributed by atoms with Gasteiger partial charge in [0.15, 0.2) is 0 Å². The first-order chi connectivity index (χ1) is 9.64. The smallest absolute Gasteiger partial charge is 0.417 e. The molecule has 0 aliphatic carbocycles. The minimum atomic E-state index is -4.47. The Morgan fingerprint density at radius 2 is 1.86 bits per heavy atom. The van der Waals surface area contributed by atoms with Crippen LogP contribution in [-0.2, 0) is 11.0 Å². The summed E-state index contributed by atoms with van der Waals surface area (Å²) in [5.74, 6) is -1.94. The van der Waals surface area contributed by atoms with E-state index in [2.05, 4.69) is 0 Å². The third-order valence-corrected chi connectivity index (χ3v) is 3.55. The number of halogens is 3. The van der Waals surface area contributed by atoms with Crippen molar-refractivity contribution >= 4 is 16.9 Å². The van der Waals surface area contributed by atoms with Crippen LogP contribution in [0.25, 0.3) is 10.9 Å². The fourth-order valence-electron chi connectivity index (χ4n) is 2.55. The van der Waals surface area contributed by atoms with E-state index in [4.69, 9.17) is 5.11 Å². The van der Waals surface area contributed by atoms with Gasteiger partial charge in [0.1, 0.15) is 0 Å². The highest BCUT2D eigenvalue weighted by Gasteiger charge is 2.34. The van der Waals surface area contributed by atoms with Crippen LogP contribution >= 0.6 is 0 Å². The van der Waals surface area contributed by atoms with E-state index in [1.165, 1.54) is 19.1 Å². The predicted molar refractivity (Wildman–Crippen MR) is 73.4 cm³/mol. The van der Waals surface area contributed by atoms with Gasteiger partial charge in [-0.1, -0.05) is 6.07 Å². The standard InChI is InChI=1S/C15H16F3NO2/c1-8(2)19-12-6-4-5-11(15(16,17)18)10(12)7-13(19)9(3)14(20)21/h4-9H,1-3H3,(H,20,21). The van der Waals surface area contributed by atoms with Gasteiger partial charge in [-0.3, -0.25) is 4.79 Å². The number of benzene rings is 1. The topological polar surface area (TPSA) is 42.2 Å². The number of aliphatic carboxylic acids is 1. The van der Waals surface area contributed by atoms with Crippen molar-refractivity contribution in [2.45, 2.75) is 38.9 Å². The number of aromatic nitrogens is 1. The van der Waals surface area contributed by atoms with E-state index in [0.717, 1.165) is 6.07 Å². The normalized spacial score (nSPS) is 13.9. The second kappa shape index (κ2) is 5.09. The van der Waals surface area contributed by atoms with Crippen LogP contribution in [0.2, 0.25) is 0 Å². The molecule has 21 heavy (non-hydrogen) atoms. The molecule has 0 spiro atoms. The van der Waals surface area contributed by atoms with Gasteiger partial charge in [-0.2, -0.15) is 13.2 Å². The summed E-state index contributed by atoms with van der Waals surface area (Å²) in [6.45, 7) is 5.11. The number of carboxylic acids is 1. The molecule has 0 aliphatic rings. The van der Waals surface area contributed by atoms with Crippen molar-refractivity contribution < 1.29 is 23.1 Å². The second-order valence-corrected chi connectivity index (χ2v) is 5.33. The number of carbonyl (C=O) groups is 1. The summed E-state index contributed by atoms with van der Waals surface area (Å²) in [5.41, 5.74) is 0.0466. The van der Waals surface area contributed by atoms with Gasteiger partial charge in [0, 0.05) is 22.6 Å². The number of hydrogen-bond donors (Lipinski definition) is 1. The molecule has 0 bridgehead atoms. The summed E-state index contributed by atoms with van der Waals surface area (Å²) < 4.78 is 40.9. The number of carboxylic acid groups (broad SMARTS) is 1. The largest absolute Gasteiger partial charge is 0.481 e. The first-order valence-electron chi connectivity index (χ1n) is 6.58. The molecule has 1 atom stereocenters. The summed E-state index contributed by atoms with van der Waals surface area (Å²) in [4.78, 5) is 11.2. The molecule has 1 heterocycles. The fourth-order valence-corrected chi connectivity index (χ4v) is 2.55. The molecule has 0 saturated carbocycles. The van der Waals surface area contributed by atoms with Crippen molar-refractivity contribution in [3.8, 4) is 0 Å². The van der Waals surface area contributed by atoms with E-state index >= 15 is 0 Å². The minimum Gasteiger partial charge on any atom is -0.481 e. The van der Waals surface area contributed by atoms with Crippen LogP contribution in [0.5, 0.6) is 0 Å². The number of hydrogen-bond acceptors (Lipinski definition) is 1. The molecule has 1 N–H and O–H groups in total. The zero-order valence-electron chi connectivity index (χ0n) is 11.9. The van der Waals surface area contributed by atoms with E-state index in [1.807, 2.05) is 13.8 Å². The van der Waals surface area contributed by atoms with Crippen molar-refractivity contribution in [2.24, 2.45) is 0 Å². The van der Waals surface area contributed by atoms with E-state index in [9.17, 15) is 18.0 Å². The van der Waals surface area contributed by atoms with Crippen molar-refractivity contribution in [3.63, 3.8) is 0 Å². The maximum absolute atomic E-state index is 13.1. The summed E-state index contributed by atoms with van der Waals surface area (Å²) in [6, 6.07) is 5.16. The maximum Gasteiger partial charge on any atom is 0.417 e. The van der Waals surface area contributed by atoms with E-state index < -0.39 is 23.6 Å². The Labute approximate surface area is 120 Å². The molecule has 1 aromatic heterocycles. The van der Waals surface area contributed by atoms with Crippen LogP contribution in [-0.4, -0.2) is 15.6 Å². The average molecular weight is 299 g/mol. The zero-order valence-corrected chi connectivity index (χ0v) is 11.9. The molecule has 0 saturated heterocycles. The van der Waals surface area contributed by atoms with Crippen molar-refractivity contribution in [3.05, 3.63) is 35.5 Å². The van der Waals surface area contributed by atoms with Crippen LogP contribution in [0.3, 0.4) is 0 Å². The Morgan fingerprint density at radius 1 is 1.24 bits per heavy atom. The van der Waals surface area contributed by atoms with Crippen LogP contribution in [0.4, 0.5) is 13.2 Å². The lowest BCUT2D eigenvalue weighted by Gasteiger charge is -2.17. The quantitative estimate of drug-likeness (QED) is 0.911. The van der Waals surface area contributed by atoms with E-state index in [-0.39, 0.29) is 11.4 Å². The Hall–Kier alpha value is -1.98. The van der Waals surface area contributed by atoms with Crippen molar-refractivity contribution in [1.29, 1.82) is 0 Å². The van der Waals surface area contributed by atoms with Crippen molar-refractivity contribution in [2.75, 3.05) is 0 Å². The highest BCUT2D eigenvalue weighted by atomic mass is 19.4. The highest BCUT2D eigenvalue weighted by molar-refractivity contribution is 5.87. The second-order valence-electron chi connectivity index (χ2n) is 5.33. The van der Waals surface area contributed by atoms with Gasteiger partial charge >= 0.3 is 12.1 Å². The molecule has 1 aromatic carbocycles. The number of nitrogens with zero attached hydrogens (tertiary/aromatic N) is 1. The molecule has 0 amide bonds. The number of alkyl halides is 3. The van der Waals surface area contributed by atoms with Crippen LogP contribution in [0.15, 0.2) is 24.3 Å². The van der Waals surface area contributed by atoms with Crippen LogP contribution in [0, 0.1) is 0 Å². The van der Waals surface area contributed by atoms with Crippen molar-refractivity contribution in [1.82, 2.24) is 4.57 Å². The van der Waals surface area contributed by atoms with Gasteiger partial charge in [0.05, 0.1) is 11.5 Å². The first kappa shape index (κ1) is 15.4. The lowest BCUT2D eigenvalue weighted by molar-refractivity contribution is -0.138. The van der Waals surface area contributed by atoms with E-state index in [1.54, 1.807) is 10.6 Å². The van der Waals surface area contributed by atoms with Gasteiger partial charge in [0.2, 0.25) is 0 Å². The molecular formula is C15H16F3NO2. The van der Waals surface area contributed by atoms with Gasteiger partial charge in [-0.15, -0.1) is 0 Å². The molecule has 0 radical (unpaired) electrons. The molecule has 2 rings (SSSR count). The minimum absolute atomic E-state index is 0.0433. The third-order valence-electron chi connectivity index (χ3n) is 3.55. The molecule has 2 aromatic rings. The lowest BCUT2D eigenvalue weighted by atomic mass is 10.1. The van der Waals surface area contributed by atoms with Gasteiger partial charge in [0.25, 0.3) is 0 Å². The monoisotopic (exact) mass is 299 g/mol. The molecule has 0 aliphatic heterocycles.